The molecule has 0 aromatic rings. The van der Waals surface area contributed by atoms with Crippen molar-refractivity contribution in [2.24, 2.45) is 0 Å². The Labute approximate surface area is 327 Å². The maximum absolute atomic E-state index is 12.6. The molecule has 0 spiro atoms. The highest BCUT2D eigenvalue weighted by Gasteiger charge is 2.27. The van der Waals surface area contributed by atoms with Gasteiger partial charge in [-0.3, -0.25) is 18.6 Å². The fourth-order valence-electron chi connectivity index (χ4n) is 4.95. The highest BCUT2D eigenvalue weighted by Crippen LogP contribution is 2.43. The molecule has 1 unspecified atom stereocenters. The van der Waals surface area contributed by atoms with Crippen LogP contribution in [0.5, 0.6) is 0 Å². The van der Waals surface area contributed by atoms with Crippen LogP contribution < -0.4 is 0 Å². The van der Waals surface area contributed by atoms with Gasteiger partial charge in [0, 0.05) is 12.8 Å². The van der Waals surface area contributed by atoms with Crippen LogP contribution in [-0.4, -0.2) is 65.7 Å². The Kier molecular flexibility index (Phi) is 36.8. The van der Waals surface area contributed by atoms with Gasteiger partial charge in [-0.25, -0.2) is 4.57 Å². The van der Waals surface area contributed by atoms with Crippen molar-refractivity contribution in [3.05, 3.63) is 72.9 Å². The summed E-state index contributed by atoms with van der Waals surface area (Å²) < 4.78 is 32.6. The number of hydrogen-bond donors (Lipinski definition) is 3. The predicted octanol–water partition coefficient (Wildman–Crippen LogP) is 10.5. The van der Waals surface area contributed by atoms with E-state index in [-0.39, 0.29) is 19.4 Å². The van der Waals surface area contributed by atoms with Crippen molar-refractivity contribution >= 4 is 19.8 Å². The number of ether oxygens (including phenoxy) is 2. The Balaban J connectivity index is 4.42. The van der Waals surface area contributed by atoms with Crippen molar-refractivity contribution in [3.63, 3.8) is 0 Å². The first kappa shape index (κ1) is 51.4. The maximum atomic E-state index is 12.6. The molecule has 0 heterocycles. The van der Waals surface area contributed by atoms with Crippen molar-refractivity contribution in [2.45, 2.75) is 161 Å². The third-order valence-corrected chi connectivity index (χ3v) is 9.05. The summed E-state index contributed by atoms with van der Waals surface area (Å²) in [6.07, 6.45) is 43.0. The van der Waals surface area contributed by atoms with Crippen molar-refractivity contribution < 1.29 is 47.8 Å². The summed E-state index contributed by atoms with van der Waals surface area (Å²) in [6, 6.07) is 0. The number of phosphoric acid groups is 1. The lowest BCUT2D eigenvalue weighted by molar-refractivity contribution is -0.161. The van der Waals surface area contributed by atoms with E-state index in [1.165, 1.54) is 19.3 Å². The number of phosphoric ester groups is 1. The second kappa shape index (κ2) is 38.7. The molecule has 0 saturated carbocycles. The van der Waals surface area contributed by atoms with Gasteiger partial charge in [0.25, 0.3) is 0 Å². The number of allylic oxidation sites excluding steroid dienone is 12. The summed E-state index contributed by atoms with van der Waals surface area (Å²) >= 11 is 0. The zero-order valence-electron chi connectivity index (χ0n) is 33.4. The molecule has 11 heteroatoms. The third-order valence-electron chi connectivity index (χ3n) is 8.09. The molecule has 0 saturated heterocycles. The summed E-state index contributed by atoms with van der Waals surface area (Å²) in [6.45, 7) is 2.16. The number of aliphatic hydroxyl groups is 2. The molecule has 310 valence electrons. The quantitative estimate of drug-likeness (QED) is 0.0241. The standard InChI is InChI=1S/C43H73O10P/c1-3-5-7-9-11-13-15-17-18-19-20-21-22-23-25-27-29-31-33-35-43(47)53-41(39-52-54(48,49)51-37-40(45)36-44)38-50-42(46)34-32-30-28-26-24-16-14-12-10-8-6-4-2/h5,7,11-14,17-18,20-21,23,25,40-41,44-45H,3-4,6,8-10,15-16,19,22,24,26-39H2,1-2H3,(H,48,49)/b7-5+,13-11+,14-12+,18-17+,21-20+,25-23+/t40-,41+/m0/s1. The molecule has 0 radical (unpaired) electrons. The highest BCUT2D eigenvalue weighted by molar-refractivity contribution is 7.47. The van der Waals surface area contributed by atoms with Crippen LogP contribution in [0.25, 0.3) is 0 Å². The van der Waals surface area contributed by atoms with Crippen LogP contribution in [0.4, 0.5) is 0 Å². The largest absolute Gasteiger partial charge is 0.472 e. The Bertz CT molecular complexity index is 1130. The fourth-order valence-corrected chi connectivity index (χ4v) is 5.74. The first-order chi connectivity index (χ1) is 26.2. The van der Waals surface area contributed by atoms with E-state index in [1.807, 2.05) is 0 Å². The van der Waals surface area contributed by atoms with E-state index in [0.29, 0.717) is 12.8 Å². The SMILES string of the molecule is CC/C=C/C/C=C/C/C=C/C/C=C/C/C=C/CCCCCC(=O)O[C@H](COC(=O)CCCCCCC/C=C/CCCCC)COP(=O)(O)OC[C@@H](O)CO. The molecule has 0 fully saturated rings. The number of carbonyl (C=O) groups excluding carboxylic acids is 2. The Morgan fingerprint density at radius 3 is 1.57 bits per heavy atom. The van der Waals surface area contributed by atoms with E-state index in [1.54, 1.807) is 0 Å². The minimum Gasteiger partial charge on any atom is -0.462 e. The van der Waals surface area contributed by atoms with Crippen LogP contribution in [0.15, 0.2) is 72.9 Å². The molecular formula is C43H73O10P. The zero-order chi connectivity index (χ0) is 39.8. The molecule has 0 aliphatic carbocycles. The number of rotatable bonds is 37. The van der Waals surface area contributed by atoms with Crippen LogP contribution in [0.3, 0.4) is 0 Å². The van der Waals surface area contributed by atoms with Crippen molar-refractivity contribution in [3.8, 4) is 0 Å². The number of hydrogen-bond acceptors (Lipinski definition) is 9. The second-order valence-corrected chi connectivity index (χ2v) is 14.7. The van der Waals surface area contributed by atoms with Crippen LogP contribution in [-0.2, 0) is 32.7 Å². The van der Waals surface area contributed by atoms with E-state index in [0.717, 1.165) is 89.9 Å². The van der Waals surface area contributed by atoms with Crippen molar-refractivity contribution in [1.29, 1.82) is 0 Å². The van der Waals surface area contributed by atoms with Gasteiger partial charge in [0.2, 0.25) is 0 Å². The van der Waals surface area contributed by atoms with Crippen LogP contribution in [0.1, 0.15) is 149 Å². The molecule has 0 amide bonds. The zero-order valence-corrected chi connectivity index (χ0v) is 34.3. The van der Waals surface area contributed by atoms with Gasteiger partial charge in [-0.15, -0.1) is 0 Å². The minimum atomic E-state index is -4.63. The first-order valence-corrected chi connectivity index (χ1v) is 21.9. The average molecular weight is 781 g/mol. The summed E-state index contributed by atoms with van der Waals surface area (Å²) in [7, 11) is -4.63. The van der Waals surface area contributed by atoms with E-state index in [4.69, 9.17) is 19.1 Å². The lowest BCUT2D eigenvalue weighted by atomic mass is 10.1. The van der Waals surface area contributed by atoms with E-state index < -0.39 is 51.8 Å². The number of unbranched alkanes of at least 4 members (excludes halogenated alkanes) is 11. The van der Waals surface area contributed by atoms with Gasteiger partial charge < -0.3 is 24.6 Å². The lowest BCUT2D eigenvalue weighted by Gasteiger charge is -2.20. The topological polar surface area (TPSA) is 149 Å². The molecule has 0 bridgehead atoms. The fraction of sp³-hybridized carbons (Fsp3) is 0.674. The Hall–Kier alpha value is -2.59. The molecule has 0 aromatic heterocycles. The Morgan fingerprint density at radius 2 is 1.02 bits per heavy atom. The van der Waals surface area contributed by atoms with E-state index in [2.05, 4.69) is 91.3 Å². The smallest absolute Gasteiger partial charge is 0.462 e. The molecule has 0 rings (SSSR count). The van der Waals surface area contributed by atoms with Gasteiger partial charge in [-0.1, -0.05) is 125 Å². The highest BCUT2D eigenvalue weighted by atomic mass is 31.2. The van der Waals surface area contributed by atoms with Gasteiger partial charge in [-0.2, -0.15) is 0 Å². The van der Waals surface area contributed by atoms with Gasteiger partial charge >= 0.3 is 19.8 Å². The van der Waals surface area contributed by atoms with E-state index in [9.17, 15) is 24.2 Å². The number of carbonyl (C=O) groups is 2. The van der Waals surface area contributed by atoms with Crippen LogP contribution >= 0.6 is 7.82 Å². The van der Waals surface area contributed by atoms with Crippen molar-refractivity contribution in [2.75, 3.05) is 26.4 Å². The molecule has 0 aliphatic heterocycles. The lowest BCUT2D eigenvalue weighted by Crippen LogP contribution is -2.29. The van der Waals surface area contributed by atoms with Gasteiger partial charge in [0.1, 0.15) is 12.7 Å². The van der Waals surface area contributed by atoms with Crippen LogP contribution in [0, 0.1) is 0 Å². The molecule has 0 aromatic carbocycles. The first-order valence-electron chi connectivity index (χ1n) is 20.4. The van der Waals surface area contributed by atoms with Gasteiger partial charge in [-0.05, 0) is 83.5 Å². The molecule has 54 heavy (non-hydrogen) atoms. The molecular weight excluding hydrogens is 707 g/mol. The third kappa shape index (κ3) is 37.7. The van der Waals surface area contributed by atoms with E-state index >= 15 is 0 Å². The van der Waals surface area contributed by atoms with Gasteiger partial charge in [0.05, 0.1) is 19.8 Å². The molecule has 10 nitrogen and oxygen atoms in total. The Morgan fingerprint density at radius 1 is 0.574 bits per heavy atom. The number of aliphatic hydroxyl groups excluding tert-OH is 2. The summed E-state index contributed by atoms with van der Waals surface area (Å²) in [5.74, 6) is -0.981. The molecule has 3 N–H and O–H groups in total. The maximum Gasteiger partial charge on any atom is 0.472 e. The summed E-state index contributed by atoms with van der Waals surface area (Å²) in [5.41, 5.74) is 0. The molecule has 3 atom stereocenters. The van der Waals surface area contributed by atoms with Crippen LogP contribution in [0.2, 0.25) is 0 Å². The minimum absolute atomic E-state index is 0.140. The van der Waals surface area contributed by atoms with Gasteiger partial charge in [0.15, 0.2) is 6.10 Å². The second-order valence-electron chi connectivity index (χ2n) is 13.3. The summed E-state index contributed by atoms with van der Waals surface area (Å²) in [4.78, 5) is 34.9. The van der Waals surface area contributed by atoms with Crippen molar-refractivity contribution in [1.82, 2.24) is 0 Å². The summed E-state index contributed by atoms with van der Waals surface area (Å²) in [5, 5.41) is 18.3. The monoisotopic (exact) mass is 780 g/mol. The normalized spacial score (nSPS) is 14.7. The number of esters is 2. The molecule has 0 aliphatic rings. The average Bonchev–Trinajstić information content (AvgIpc) is 3.16. The predicted molar refractivity (Wildman–Crippen MR) is 219 cm³/mol.